The SMILES string of the molecule is CC1(C)OB(C2=C(c3ccccc3)[C@@H]3COC[C@@H]3C(B3OC(C)(C)C(C)(C)O3)=C2c2ccccc2)OC1(C)C. The van der Waals surface area contributed by atoms with Gasteiger partial charge in [0.1, 0.15) is 0 Å². The molecule has 0 spiro atoms. The smallest absolute Gasteiger partial charge is 0.400 e. The molecule has 0 radical (unpaired) electrons. The Kier molecular flexibility index (Phi) is 6.37. The maximum absolute atomic E-state index is 6.81. The van der Waals surface area contributed by atoms with Crippen molar-refractivity contribution in [1.82, 2.24) is 0 Å². The van der Waals surface area contributed by atoms with Crippen LogP contribution in [0, 0.1) is 11.8 Å². The summed E-state index contributed by atoms with van der Waals surface area (Å²) < 4.78 is 33.4. The molecule has 6 rings (SSSR count). The first-order valence-corrected chi connectivity index (χ1v) is 14.2. The number of hydrogen-bond acceptors (Lipinski definition) is 5. The lowest BCUT2D eigenvalue weighted by atomic mass is 9.53. The van der Waals surface area contributed by atoms with E-state index in [-0.39, 0.29) is 11.8 Å². The second-order valence-corrected chi connectivity index (χ2v) is 13.3. The molecule has 204 valence electrons. The van der Waals surface area contributed by atoms with Crippen molar-refractivity contribution in [1.29, 1.82) is 0 Å². The predicted octanol–water partition coefficient (Wildman–Crippen LogP) is 6.43. The Bertz CT molecular complexity index is 1280. The standard InChI is InChI=1S/C32H40B2O5/c1-29(2)30(3,4)37-33(36-29)27-24-20-35-19-23(24)25(21-15-11-9-12-16-21)28(26(27)22-17-13-10-14-18-22)34-38-31(5,6)32(7,8)39-34/h9-18,23-24H,19-20H2,1-8H3/t23-,24+/m1/s1. The number of hydrogen-bond donors (Lipinski definition) is 0. The van der Waals surface area contributed by atoms with E-state index in [1.54, 1.807) is 0 Å². The van der Waals surface area contributed by atoms with Crippen molar-refractivity contribution in [3.63, 3.8) is 0 Å². The van der Waals surface area contributed by atoms with Crippen LogP contribution in [0.25, 0.3) is 11.1 Å². The van der Waals surface area contributed by atoms with Gasteiger partial charge < -0.3 is 23.4 Å². The molecule has 2 aromatic rings. The Labute approximate surface area is 234 Å². The van der Waals surface area contributed by atoms with Gasteiger partial charge in [0, 0.05) is 11.8 Å². The molecule has 0 N–H and O–H groups in total. The van der Waals surface area contributed by atoms with Gasteiger partial charge in [-0.05, 0) is 88.6 Å². The average molecular weight is 526 g/mol. The van der Waals surface area contributed by atoms with Gasteiger partial charge >= 0.3 is 14.2 Å². The van der Waals surface area contributed by atoms with Crippen LogP contribution in [0.5, 0.6) is 0 Å². The van der Waals surface area contributed by atoms with E-state index in [9.17, 15) is 0 Å². The molecule has 2 aromatic carbocycles. The lowest BCUT2D eigenvalue weighted by Gasteiger charge is -2.36. The summed E-state index contributed by atoms with van der Waals surface area (Å²) in [5.41, 5.74) is 4.90. The van der Waals surface area contributed by atoms with E-state index in [4.69, 9.17) is 23.4 Å². The Morgan fingerprint density at radius 2 is 1.00 bits per heavy atom. The van der Waals surface area contributed by atoms with E-state index in [2.05, 4.69) is 116 Å². The van der Waals surface area contributed by atoms with Gasteiger partial charge in [0.25, 0.3) is 0 Å². The van der Waals surface area contributed by atoms with E-state index >= 15 is 0 Å². The Morgan fingerprint density at radius 1 is 0.564 bits per heavy atom. The molecule has 7 heteroatoms. The summed E-state index contributed by atoms with van der Waals surface area (Å²) in [6, 6.07) is 21.2. The van der Waals surface area contributed by atoms with Crippen LogP contribution in [0.1, 0.15) is 66.5 Å². The van der Waals surface area contributed by atoms with Crippen molar-refractivity contribution in [2.75, 3.05) is 13.2 Å². The fourth-order valence-electron chi connectivity index (χ4n) is 6.20. The van der Waals surface area contributed by atoms with Crippen molar-refractivity contribution in [3.05, 3.63) is 82.7 Å². The highest BCUT2D eigenvalue weighted by Gasteiger charge is 2.60. The Morgan fingerprint density at radius 3 is 1.51 bits per heavy atom. The molecule has 0 saturated carbocycles. The van der Waals surface area contributed by atoms with Crippen molar-refractivity contribution < 1.29 is 23.4 Å². The second kappa shape index (κ2) is 9.19. The molecule has 1 aliphatic carbocycles. The molecule has 3 fully saturated rings. The predicted molar refractivity (Wildman–Crippen MR) is 157 cm³/mol. The quantitative estimate of drug-likeness (QED) is 0.430. The monoisotopic (exact) mass is 526 g/mol. The van der Waals surface area contributed by atoms with Crippen LogP contribution in [0.4, 0.5) is 0 Å². The zero-order valence-corrected chi connectivity index (χ0v) is 24.5. The first-order chi connectivity index (χ1) is 18.3. The highest BCUT2D eigenvalue weighted by molar-refractivity contribution is 6.64. The molecule has 39 heavy (non-hydrogen) atoms. The topological polar surface area (TPSA) is 46.2 Å². The maximum Gasteiger partial charge on any atom is 0.495 e. The van der Waals surface area contributed by atoms with Crippen LogP contribution in [-0.4, -0.2) is 49.9 Å². The molecular formula is C32H40B2O5. The summed E-state index contributed by atoms with van der Waals surface area (Å²) in [6.45, 7) is 18.1. The normalized spacial score (nSPS) is 28.8. The average Bonchev–Trinajstić information content (AvgIpc) is 3.50. The van der Waals surface area contributed by atoms with Crippen LogP contribution in [0.15, 0.2) is 71.6 Å². The largest absolute Gasteiger partial charge is 0.495 e. The number of allylic oxidation sites excluding steroid dienone is 2. The minimum absolute atomic E-state index is 0.108. The zero-order chi connectivity index (χ0) is 27.8. The Balaban J connectivity index is 1.66. The number of rotatable bonds is 4. The molecule has 5 nitrogen and oxygen atoms in total. The van der Waals surface area contributed by atoms with Gasteiger partial charge in [-0.15, -0.1) is 0 Å². The maximum atomic E-state index is 6.81. The molecule has 3 heterocycles. The zero-order valence-electron chi connectivity index (χ0n) is 24.5. The van der Waals surface area contributed by atoms with Gasteiger partial charge in [0.15, 0.2) is 0 Å². The van der Waals surface area contributed by atoms with Crippen LogP contribution in [0.3, 0.4) is 0 Å². The van der Waals surface area contributed by atoms with Crippen LogP contribution >= 0.6 is 0 Å². The third-order valence-electron chi connectivity index (χ3n) is 9.84. The van der Waals surface area contributed by atoms with E-state index in [1.165, 1.54) is 11.1 Å². The Hall–Kier alpha value is -2.15. The molecule has 0 amide bonds. The van der Waals surface area contributed by atoms with Gasteiger partial charge in [-0.3, -0.25) is 0 Å². The first-order valence-electron chi connectivity index (χ1n) is 14.2. The van der Waals surface area contributed by atoms with Gasteiger partial charge in [0.05, 0.1) is 35.6 Å². The number of benzene rings is 2. The highest BCUT2D eigenvalue weighted by atomic mass is 16.7. The number of fused-ring (bicyclic) bond motifs is 1. The van der Waals surface area contributed by atoms with E-state index < -0.39 is 36.6 Å². The summed E-state index contributed by atoms with van der Waals surface area (Å²) in [5.74, 6) is 0.235. The molecule has 3 saturated heterocycles. The van der Waals surface area contributed by atoms with E-state index in [1.807, 2.05) is 0 Å². The molecule has 0 bridgehead atoms. The van der Waals surface area contributed by atoms with E-state index in [0.717, 1.165) is 22.1 Å². The minimum Gasteiger partial charge on any atom is -0.400 e. The number of ether oxygens (including phenoxy) is 1. The van der Waals surface area contributed by atoms with Gasteiger partial charge in [-0.25, -0.2) is 0 Å². The lowest BCUT2D eigenvalue weighted by molar-refractivity contribution is 0.00578. The third-order valence-corrected chi connectivity index (χ3v) is 9.84. The summed E-state index contributed by atoms with van der Waals surface area (Å²) >= 11 is 0. The van der Waals surface area contributed by atoms with Crippen molar-refractivity contribution in [2.45, 2.75) is 77.8 Å². The lowest BCUT2D eigenvalue weighted by Crippen LogP contribution is -2.41. The molecule has 0 unspecified atom stereocenters. The molecule has 2 atom stereocenters. The van der Waals surface area contributed by atoms with Crippen molar-refractivity contribution in [3.8, 4) is 0 Å². The van der Waals surface area contributed by atoms with Crippen LogP contribution < -0.4 is 0 Å². The molecule has 4 aliphatic rings. The fraction of sp³-hybridized carbons (Fsp3) is 0.500. The van der Waals surface area contributed by atoms with Gasteiger partial charge in [0.2, 0.25) is 0 Å². The molecule has 3 aliphatic heterocycles. The van der Waals surface area contributed by atoms with Crippen LogP contribution in [0.2, 0.25) is 0 Å². The fourth-order valence-corrected chi connectivity index (χ4v) is 6.20. The first kappa shape index (κ1) is 27.0. The van der Waals surface area contributed by atoms with Gasteiger partial charge in [-0.1, -0.05) is 60.7 Å². The van der Waals surface area contributed by atoms with E-state index in [0.29, 0.717) is 13.2 Å². The third kappa shape index (κ3) is 4.29. The summed E-state index contributed by atoms with van der Waals surface area (Å²) in [4.78, 5) is 0. The molecular weight excluding hydrogens is 486 g/mol. The highest BCUT2D eigenvalue weighted by Crippen LogP contribution is 2.55. The van der Waals surface area contributed by atoms with Crippen molar-refractivity contribution in [2.24, 2.45) is 11.8 Å². The van der Waals surface area contributed by atoms with Crippen molar-refractivity contribution >= 4 is 25.4 Å². The summed E-state index contributed by atoms with van der Waals surface area (Å²) in [5, 5.41) is 0. The molecule has 0 aromatic heterocycles. The summed E-state index contributed by atoms with van der Waals surface area (Å²) in [7, 11) is -1.06. The second-order valence-electron chi connectivity index (χ2n) is 13.3. The van der Waals surface area contributed by atoms with Crippen LogP contribution in [-0.2, 0) is 23.4 Å². The summed E-state index contributed by atoms with van der Waals surface area (Å²) in [6.07, 6.45) is 0. The minimum atomic E-state index is -0.556. The van der Waals surface area contributed by atoms with Gasteiger partial charge in [-0.2, -0.15) is 0 Å².